The van der Waals surface area contributed by atoms with Crippen molar-refractivity contribution >= 4 is 18.1 Å². The quantitative estimate of drug-likeness (QED) is 0.507. The number of aromatic nitrogens is 2. The molecule has 0 fully saturated rings. The number of amides is 1. The SMILES string of the molecule is O=C(NCC#Cc1cccc(C(F)(F)F)c1)c1c[nH]c(=S)n1-c1ccccc1. The smallest absolute Gasteiger partial charge is 0.340 e. The van der Waals surface area contributed by atoms with Gasteiger partial charge in [0.05, 0.1) is 12.1 Å². The summed E-state index contributed by atoms with van der Waals surface area (Å²) >= 11 is 5.22. The minimum atomic E-state index is -4.42. The second kappa shape index (κ2) is 8.15. The zero-order valence-corrected chi connectivity index (χ0v) is 15.2. The van der Waals surface area contributed by atoms with Gasteiger partial charge in [0.25, 0.3) is 5.91 Å². The molecule has 0 aliphatic heterocycles. The summed E-state index contributed by atoms with van der Waals surface area (Å²) in [4.78, 5) is 15.3. The van der Waals surface area contributed by atoms with Crippen molar-refractivity contribution in [1.82, 2.24) is 14.9 Å². The van der Waals surface area contributed by atoms with E-state index in [4.69, 9.17) is 12.2 Å². The van der Waals surface area contributed by atoms with Crippen molar-refractivity contribution in [3.8, 4) is 17.5 Å². The van der Waals surface area contributed by atoms with Crippen LogP contribution in [-0.2, 0) is 6.18 Å². The number of hydrogen-bond donors (Lipinski definition) is 2. The summed E-state index contributed by atoms with van der Waals surface area (Å²) in [5.41, 5.74) is 0.487. The maximum absolute atomic E-state index is 12.7. The van der Waals surface area contributed by atoms with Gasteiger partial charge >= 0.3 is 6.18 Å². The molecular formula is C20H14F3N3OS. The number of hydrogen-bond acceptors (Lipinski definition) is 2. The minimum Gasteiger partial charge on any atom is -0.340 e. The molecular weight excluding hydrogens is 387 g/mol. The summed E-state index contributed by atoms with van der Waals surface area (Å²) in [5.74, 6) is 4.86. The van der Waals surface area contributed by atoms with Crippen LogP contribution in [0.25, 0.3) is 5.69 Å². The van der Waals surface area contributed by atoms with E-state index in [1.807, 2.05) is 30.3 Å². The average Bonchev–Trinajstić information content (AvgIpc) is 3.07. The van der Waals surface area contributed by atoms with Gasteiger partial charge in [0.2, 0.25) is 0 Å². The highest BCUT2D eigenvalue weighted by Gasteiger charge is 2.30. The van der Waals surface area contributed by atoms with Crippen molar-refractivity contribution in [3.63, 3.8) is 0 Å². The number of alkyl halides is 3. The Morgan fingerprint density at radius 1 is 1.14 bits per heavy atom. The summed E-state index contributed by atoms with van der Waals surface area (Å²) in [6.45, 7) is -0.0260. The van der Waals surface area contributed by atoms with Gasteiger partial charge in [-0.15, -0.1) is 0 Å². The first kappa shape index (κ1) is 19.5. The number of para-hydroxylation sites is 1. The standard InChI is InChI=1S/C20H14F3N3OS/c21-20(22,23)15-8-4-6-14(12-15)7-5-11-24-18(27)17-13-25-19(28)26(17)16-9-2-1-3-10-16/h1-4,6,8-10,12-13H,11H2,(H,24,27)(H,25,28). The molecule has 0 aliphatic carbocycles. The highest BCUT2D eigenvalue weighted by Crippen LogP contribution is 2.29. The first-order valence-corrected chi connectivity index (χ1v) is 8.57. The van der Waals surface area contributed by atoms with Crippen molar-refractivity contribution in [2.75, 3.05) is 6.54 Å². The Labute approximate surface area is 164 Å². The molecule has 4 nitrogen and oxygen atoms in total. The predicted octanol–water partition coefficient (Wildman–Crippen LogP) is 4.34. The Kier molecular flexibility index (Phi) is 5.66. The van der Waals surface area contributed by atoms with Gasteiger partial charge in [-0.3, -0.25) is 9.36 Å². The Morgan fingerprint density at radius 2 is 1.89 bits per heavy atom. The largest absolute Gasteiger partial charge is 0.416 e. The van der Waals surface area contributed by atoms with Gasteiger partial charge in [0.15, 0.2) is 4.77 Å². The van der Waals surface area contributed by atoms with Gasteiger partial charge in [-0.05, 0) is 42.5 Å². The lowest BCUT2D eigenvalue weighted by molar-refractivity contribution is -0.137. The van der Waals surface area contributed by atoms with Crippen molar-refractivity contribution in [2.45, 2.75) is 6.18 Å². The number of H-pyrrole nitrogens is 1. The van der Waals surface area contributed by atoms with E-state index in [0.29, 0.717) is 10.5 Å². The van der Waals surface area contributed by atoms with Crippen LogP contribution in [0, 0.1) is 16.6 Å². The summed E-state index contributed by atoms with van der Waals surface area (Å²) in [6.07, 6.45) is -2.93. The van der Waals surface area contributed by atoms with Crippen LogP contribution >= 0.6 is 12.2 Å². The molecule has 0 atom stereocenters. The van der Waals surface area contributed by atoms with E-state index in [1.165, 1.54) is 18.3 Å². The lowest BCUT2D eigenvalue weighted by atomic mass is 10.1. The van der Waals surface area contributed by atoms with Gasteiger partial charge < -0.3 is 10.3 Å². The summed E-state index contributed by atoms with van der Waals surface area (Å²) in [5, 5.41) is 2.62. The van der Waals surface area contributed by atoms with Gasteiger partial charge in [-0.2, -0.15) is 13.2 Å². The van der Waals surface area contributed by atoms with Gasteiger partial charge in [0, 0.05) is 17.4 Å². The Hall–Kier alpha value is -3.31. The molecule has 0 unspecified atom stereocenters. The van der Waals surface area contributed by atoms with Crippen LogP contribution in [0.5, 0.6) is 0 Å². The van der Waals surface area contributed by atoms with Crippen LogP contribution in [0.3, 0.4) is 0 Å². The summed E-state index contributed by atoms with van der Waals surface area (Å²) in [7, 11) is 0. The second-order valence-electron chi connectivity index (χ2n) is 5.71. The third kappa shape index (κ3) is 4.50. The fourth-order valence-corrected chi connectivity index (χ4v) is 2.77. The van der Waals surface area contributed by atoms with Crippen molar-refractivity contribution in [2.24, 2.45) is 0 Å². The van der Waals surface area contributed by atoms with Crippen molar-refractivity contribution in [3.05, 3.63) is 82.4 Å². The monoisotopic (exact) mass is 401 g/mol. The first-order chi connectivity index (χ1) is 13.4. The van der Waals surface area contributed by atoms with Crippen molar-refractivity contribution in [1.29, 1.82) is 0 Å². The molecule has 0 spiro atoms. The van der Waals surface area contributed by atoms with Crippen molar-refractivity contribution < 1.29 is 18.0 Å². The number of carbonyl (C=O) groups excluding carboxylic acids is 1. The van der Waals surface area contributed by atoms with E-state index in [1.54, 1.807) is 4.57 Å². The number of nitrogens with one attached hydrogen (secondary N) is 2. The lowest BCUT2D eigenvalue weighted by Crippen LogP contribution is -2.25. The molecule has 0 aliphatic rings. The van der Waals surface area contributed by atoms with Crippen LogP contribution in [0.15, 0.2) is 60.8 Å². The zero-order chi connectivity index (χ0) is 20.1. The molecule has 1 heterocycles. The number of rotatable bonds is 3. The molecule has 3 aromatic rings. The zero-order valence-electron chi connectivity index (χ0n) is 14.4. The second-order valence-corrected chi connectivity index (χ2v) is 6.10. The summed E-state index contributed by atoms with van der Waals surface area (Å²) < 4.78 is 40.1. The molecule has 0 radical (unpaired) electrons. The number of nitrogens with zero attached hydrogens (tertiary/aromatic N) is 1. The third-order valence-corrected chi connectivity index (χ3v) is 4.08. The number of aromatic amines is 1. The fraction of sp³-hybridized carbons (Fsp3) is 0.100. The summed E-state index contributed by atoms with van der Waals surface area (Å²) in [6, 6.07) is 13.8. The number of carbonyl (C=O) groups is 1. The number of halogens is 3. The lowest BCUT2D eigenvalue weighted by Gasteiger charge is -2.07. The van der Waals surface area contributed by atoms with E-state index >= 15 is 0 Å². The van der Waals surface area contributed by atoms with Crippen LogP contribution in [0.1, 0.15) is 21.6 Å². The van der Waals surface area contributed by atoms with Gasteiger partial charge in [0.1, 0.15) is 5.69 Å². The number of benzene rings is 2. The van der Waals surface area contributed by atoms with E-state index in [0.717, 1.165) is 17.8 Å². The minimum absolute atomic E-state index is 0.0260. The highest BCUT2D eigenvalue weighted by atomic mass is 32.1. The molecule has 0 bridgehead atoms. The van der Waals surface area contributed by atoms with E-state index in [2.05, 4.69) is 22.1 Å². The first-order valence-electron chi connectivity index (χ1n) is 8.16. The molecule has 0 saturated carbocycles. The molecule has 3 rings (SSSR count). The Balaban J connectivity index is 1.71. The maximum Gasteiger partial charge on any atom is 0.416 e. The molecule has 1 aromatic heterocycles. The highest BCUT2D eigenvalue weighted by molar-refractivity contribution is 7.71. The molecule has 28 heavy (non-hydrogen) atoms. The van der Waals surface area contributed by atoms with Gasteiger partial charge in [-0.1, -0.05) is 36.1 Å². The molecule has 2 aromatic carbocycles. The van der Waals surface area contributed by atoms with E-state index in [-0.39, 0.29) is 12.1 Å². The topological polar surface area (TPSA) is 49.8 Å². The molecule has 8 heteroatoms. The third-order valence-electron chi connectivity index (χ3n) is 3.78. The molecule has 2 N–H and O–H groups in total. The average molecular weight is 401 g/mol. The number of imidazole rings is 1. The normalized spacial score (nSPS) is 10.8. The maximum atomic E-state index is 12.7. The van der Waals surface area contributed by atoms with Crippen LogP contribution in [0.4, 0.5) is 13.2 Å². The molecule has 0 saturated heterocycles. The van der Waals surface area contributed by atoms with E-state index < -0.39 is 17.6 Å². The Morgan fingerprint density at radius 3 is 2.61 bits per heavy atom. The predicted molar refractivity (Wildman–Crippen MR) is 102 cm³/mol. The van der Waals surface area contributed by atoms with Crippen LogP contribution in [-0.4, -0.2) is 22.0 Å². The Bertz CT molecular complexity index is 1110. The fourth-order valence-electron chi connectivity index (χ4n) is 2.50. The molecule has 142 valence electrons. The van der Waals surface area contributed by atoms with E-state index in [9.17, 15) is 18.0 Å². The van der Waals surface area contributed by atoms with Gasteiger partial charge in [-0.25, -0.2) is 0 Å². The molecule has 1 amide bonds. The van der Waals surface area contributed by atoms with Crippen LogP contribution < -0.4 is 5.32 Å². The van der Waals surface area contributed by atoms with Crippen LogP contribution in [0.2, 0.25) is 0 Å².